The Morgan fingerprint density at radius 1 is 1.21 bits per heavy atom. The van der Waals surface area contributed by atoms with Crippen LogP contribution >= 0.6 is 0 Å². The third-order valence-corrected chi connectivity index (χ3v) is 1.63. The van der Waals surface area contributed by atoms with Crippen LogP contribution in [0.25, 0.3) is 0 Å². The molecule has 0 fully saturated rings. The van der Waals surface area contributed by atoms with E-state index >= 15 is 0 Å². The Kier molecular flexibility index (Phi) is 4.14. The van der Waals surface area contributed by atoms with Gasteiger partial charge in [-0.2, -0.15) is 21.6 Å². The number of alkyl halides is 3. The van der Waals surface area contributed by atoms with Gasteiger partial charge in [-0.25, -0.2) is 0 Å². The van der Waals surface area contributed by atoms with E-state index in [0.29, 0.717) is 0 Å². The largest absolute Gasteiger partial charge is 0.522 e. The first-order valence-corrected chi connectivity index (χ1v) is 4.69. The first-order valence-electron chi connectivity index (χ1n) is 3.25. The minimum Gasteiger partial charge on any atom is -0.357 e. The molecule has 0 aromatic carbocycles. The Hall–Kier alpha value is -1.02. The minimum atomic E-state index is -5.84. The van der Waals surface area contributed by atoms with E-state index in [2.05, 4.69) is 0 Å². The Balaban J connectivity index is 0.000000249. The smallest absolute Gasteiger partial charge is 0.357 e. The van der Waals surface area contributed by atoms with E-state index < -0.39 is 15.6 Å². The monoisotopic (exact) mass is 231 g/mol. The molecule has 0 saturated heterocycles. The van der Waals surface area contributed by atoms with Crippen molar-refractivity contribution >= 4 is 10.1 Å². The summed E-state index contributed by atoms with van der Waals surface area (Å²) in [5, 5.41) is 0. The number of aromatic nitrogens is 1. The zero-order valence-corrected chi connectivity index (χ0v) is 7.88. The molecule has 1 aromatic heterocycles. The normalized spacial score (nSPS) is 11.8. The molecule has 1 heterocycles. The number of halogens is 3. The molecule has 1 N–H and O–H groups in total. The molecule has 0 spiro atoms. The van der Waals surface area contributed by atoms with Gasteiger partial charge in [0, 0.05) is 19.4 Å². The molecule has 0 aliphatic carbocycles. The molecule has 4 nitrogen and oxygen atoms in total. The van der Waals surface area contributed by atoms with Crippen LogP contribution in [-0.4, -0.2) is 23.0 Å². The predicted molar refractivity (Wildman–Crippen MR) is 43.0 cm³/mol. The topological polar surface area (TPSA) is 59.3 Å². The Morgan fingerprint density at radius 3 is 1.57 bits per heavy atom. The fourth-order valence-corrected chi connectivity index (χ4v) is 0.421. The standard InChI is InChI=1S/C5H7N.CHF3O3S/c1-6-4-2-3-5-6;2-1(3,4)8(5,6)7/h2-5H,1H3;(H,5,6,7). The second-order valence-corrected chi connectivity index (χ2v) is 3.68. The molecule has 0 amide bonds. The molecule has 0 atom stereocenters. The molecule has 0 saturated carbocycles. The summed E-state index contributed by atoms with van der Waals surface area (Å²) in [5.41, 5.74) is -5.53. The highest BCUT2D eigenvalue weighted by Gasteiger charge is 2.44. The first-order chi connectivity index (χ1) is 6.14. The molecule has 8 heteroatoms. The Labute approximate surface area is 78.7 Å². The SMILES string of the molecule is Cn1cccc1.O=S(=O)(O)C(F)(F)F. The van der Waals surface area contributed by atoms with Crippen LogP contribution in [0.15, 0.2) is 24.5 Å². The third-order valence-electron chi connectivity index (χ3n) is 1.05. The van der Waals surface area contributed by atoms with Gasteiger partial charge in [-0.1, -0.05) is 0 Å². The van der Waals surface area contributed by atoms with E-state index in [1.165, 1.54) is 0 Å². The lowest BCUT2D eigenvalue weighted by Crippen LogP contribution is -2.21. The van der Waals surface area contributed by atoms with E-state index in [1.807, 2.05) is 36.1 Å². The van der Waals surface area contributed by atoms with Gasteiger partial charge in [-0.3, -0.25) is 4.55 Å². The van der Waals surface area contributed by atoms with Gasteiger partial charge >= 0.3 is 15.6 Å². The van der Waals surface area contributed by atoms with Crippen molar-refractivity contribution in [1.29, 1.82) is 0 Å². The Morgan fingerprint density at radius 2 is 1.50 bits per heavy atom. The van der Waals surface area contributed by atoms with Gasteiger partial charge < -0.3 is 4.57 Å². The zero-order valence-electron chi connectivity index (χ0n) is 7.06. The van der Waals surface area contributed by atoms with Crippen LogP contribution in [-0.2, 0) is 17.2 Å². The van der Waals surface area contributed by atoms with E-state index in [1.54, 1.807) is 0 Å². The summed E-state index contributed by atoms with van der Waals surface area (Å²) in [7, 11) is -3.84. The molecular formula is C6H8F3NO3S. The lowest BCUT2D eigenvalue weighted by Gasteiger charge is -1.97. The van der Waals surface area contributed by atoms with Gasteiger partial charge in [0.05, 0.1) is 0 Å². The maximum atomic E-state index is 10.7. The van der Waals surface area contributed by atoms with Crippen molar-refractivity contribution in [2.45, 2.75) is 5.51 Å². The van der Waals surface area contributed by atoms with Gasteiger partial charge in [-0.15, -0.1) is 0 Å². The van der Waals surface area contributed by atoms with Crippen LogP contribution in [0.5, 0.6) is 0 Å². The average molecular weight is 231 g/mol. The summed E-state index contributed by atoms with van der Waals surface area (Å²) in [4.78, 5) is 0. The van der Waals surface area contributed by atoms with Crippen molar-refractivity contribution < 1.29 is 26.1 Å². The van der Waals surface area contributed by atoms with Crippen molar-refractivity contribution in [3.63, 3.8) is 0 Å². The van der Waals surface area contributed by atoms with E-state index in [4.69, 9.17) is 13.0 Å². The molecule has 0 aliphatic heterocycles. The minimum absolute atomic E-state index is 2.00. The van der Waals surface area contributed by atoms with Gasteiger partial charge in [0.15, 0.2) is 0 Å². The van der Waals surface area contributed by atoms with Crippen molar-refractivity contribution in [3.05, 3.63) is 24.5 Å². The van der Waals surface area contributed by atoms with Gasteiger partial charge in [0.2, 0.25) is 0 Å². The quantitative estimate of drug-likeness (QED) is 0.542. The van der Waals surface area contributed by atoms with E-state index in [-0.39, 0.29) is 0 Å². The molecule has 0 bridgehead atoms. The highest BCUT2D eigenvalue weighted by molar-refractivity contribution is 7.86. The van der Waals surface area contributed by atoms with Crippen LogP contribution in [0.3, 0.4) is 0 Å². The second kappa shape index (κ2) is 4.47. The maximum absolute atomic E-state index is 10.7. The number of aryl methyl sites for hydroxylation is 1. The lowest BCUT2D eigenvalue weighted by atomic mass is 10.7. The van der Waals surface area contributed by atoms with Crippen LogP contribution in [0.1, 0.15) is 0 Å². The molecule has 1 rings (SSSR count). The highest BCUT2D eigenvalue weighted by atomic mass is 32.2. The maximum Gasteiger partial charge on any atom is 0.522 e. The fourth-order valence-electron chi connectivity index (χ4n) is 0.421. The number of rotatable bonds is 0. The number of hydrogen-bond donors (Lipinski definition) is 1. The second-order valence-electron chi connectivity index (χ2n) is 2.27. The van der Waals surface area contributed by atoms with Crippen molar-refractivity contribution in [2.24, 2.45) is 7.05 Å². The lowest BCUT2D eigenvalue weighted by molar-refractivity contribution is -0.0510. The van der Waals surface area contributed by atoms with Gasteiger partial charge in [0.25, 0.3) is 0 Å². The van der Waals surface area contributed by atoms with Crippen molar-refractivity contribution in [2.75, 3.05) is 0 Å². The Bertz CT molecular complexity index is 354. The van der Waals surface area contributed by atoms with Crippen LogP contribution < -0.4 is 0 Å². The molecule has 1 aromatic rings. The third kappa shape index (κ3) is 4.87. The van der Waals surface area contributed by atoms with Crippen molar-refractivity contribution in [1.82, 2.24) is 4.57 Å². The molecule has 14 heavy (non-hydrogen) atoms. The van der Waals surface area contributed by atoms with Crippen molar-refractivity contribution in [3.8, 4) is 0 Å². The summed E-state index contributed by atoms with van der Waals surface area (Å²) in [6.07, 6.45) is 4.00. The zero-order chi connectivity index (χ0) is 11.4. The fraction of sp³-hybridized carbons (Fsp3) is 0.333. The number of nitrogens with zero attached hydrogens (tertiary/aromatic N) is 1. The molecule has 0 aliphatic rings. The summed E-state index contributed by atoms with van der Waals surface area (Å²) >= 11 is 0. The van der Waals surface area contributed by atoms with E-state index in [0.717, 1.165) is 0 Å². The number of hydrogen-bond acceptors (Lipinski definition) is 2. The molecule has 0 unspecified atom stereocenters. The van der Waals surface area contributed by atoms with Crippen LogP contribution in [0, 0.1) is 0 Å². The summed E-state index contributed by atoms with van der Waals surface area (Å²) < 4.78 is 59.5. The molecular weight excluding hydrogens is 223 g/mol. The predicted octanol–water partition coefficient (Wildman–Crippen LogP) is 1.42. The van der Waals surface area contributed by atoms with Crippen LogP contribution in [0.4, 0.5) is 13.2 Å². The van der Waals surface area contributed by atoms with Crippen LogP contribution in [0.2, 0.25) is 0 Å². The van der Waals surface area contributed by atoms with E-state index in [9.17, 15) is 13.2 Å². The summed E-state index contributed by atoms with van der Waals surface area (Å²) in [5.74, 6) is 0. The highest BCUT2D eigenvalue weighted by Crippen LogP contribution is 2.20. The molecule has 82 valence electrons. The van der Waals surface area contributed by atoms with Gasteiger partial charge in [-0.05, 0) is 12.1 Å². The van der Waals surface area contributed by atoms with Gasteiger partial charge in [0.1, 0.15) is 0 Å². The average Bonchev–Trinajstić information content (AvgIpc) is 2.35. The first kappa shape index (κ1) is 13.0. The summed E-state index contributed by atoms with van der Waals surface area (Å²) in [6.45, 7) is 0. The molecule has 0 radical (unpaired) electrons. The summed E-state index contributed by atoms with van der Waals surface area (Å²) in [6, 6.07) is 4.00.